The van der Waals surface area contributed by atoms with Crippen LogP contribution in [-0.2, 0) is 24.4 Å². The molecule has 0 aliphatic carbocycles. The van der Waals surface area contributed by atoms with Crippen LogP contribution < -0.4 is 22.3 Å². The molecular formula is C12H22N4O3S. The minimum absolute atomic E-state index is 0.120. The molecule has 1 aromatic rings. The Morgan fingerprint density at radius 1 is 1.40 bits per heavy atom. The Bertz CT molecular complexity index is 620. The van der Waals surface area contributed by atoms with E-state index in [-0.39, 0.29) is 16.8 Å². The molecule has 1 rings (SSSR count). The van der Waals surface area contributed by atoms with Gasteiger partial charge in [-0.3, -0.25) is 18.1 Å². The van der Waals surface area contributed by atoms with Crippen LogP contribution in [-0.4, -0.2) is 31.4 Å². The molecule has 0 aromatic carbocycles. The first-order valence-electron chi connectivity index (χ1n) is 6.46. The first kappa shape index (κ1) is 16.5. The third-order valence-corrected chi connectivity index (χ3v) is 4.46. The van der Waals surface area contributed by atoms with Crippen molar-refractivity contribution in [2.75, 3.05) is 23.9 Å². The molecule has 0 spiro atoms. The monoisotopic (exact) mass is 302 g/mol. The summed E-state index contributed by atoms with van der Waals surface area (Å²) in [6.07, 6.45) is 2.34. The van der Waals surface area contributed by atoms with Gasteiger partial charge >= 0.3 is 5.69 Å². The molecule has 0 saturated heterocycles. The molecule has 0 aliphatic heterocycles. The predicted molar refractivity (Wildman–Crippen MR) is 82.7 cm³/mol. The van der Waals surface area contributed by atoms with E-state index in [1.54, 1.807) is 6.26 Å². The molecule has 0 amide bonds. The van der Waals surface area contributed by atoms with Gasteiger partial charge < -0.3 is 11.1 Å². The maximum atomic E-state index is 12.1. The van der Waals surface area contributed by atoms with E-state index in [0.717, 1.165) is 11.0 Å². The van der Waals surface area contributed by atoms with Gasteiger partial charge in [-0.2, -0.15) is 0 Å². The molecule has 2 atom stereocenters. The smallest absolute Gasteiger partial charge is 0.332 e. The molecule has 7 nitrogen and oxygen atoms in total. The highest BCUT2D eigenvalue weighted by atomic mass is 32.2. The molecule has 3 N–H and O–H groups in total. The number of anilines is 2. The lowest BCUT2D eigenvalue weighted by molar-refractivity contribution is 0.600. The van der Waals surface area contributed by atoms with E-state index in [0.29, 0.717) is 13.1 Å². The van der Waals surface area contributed by atoms with E-state index in [4.69, 9.17) is 5.73 Å². The Labute approximate surface area is 120 Å². The van der Waals surface area contributed by atoms with E-state index in [1.807, 2.05) is 13.8 Å². The third kappa shape index (κ3) is 3.30. The summed E-state index contributed by atoms with van der Waals surface area (Å²) in [6.45, 7) is 4.54. The number of nitrogens with one attached hydrogen (secondary N) is 1. The molecule has 1 heterocycles. The van der Waals surface area contributed by atoms with Crippen molar-refractivity contribution in [2.24, 2.45) is 7.05 Å². The van der Waals surface area contributed by atoms with Crippen LogP contribution in [0.15, 0.2) is 9.59 Å². The second-order valence-corrected chi connectivity index (χ2v) is 6.55. The summed E-state index contributed by atoms with van der Waals surface area (Å²) in [5.74, 6) is 0.133. The largest absolute Gasteiger partial charge is 0.383 e. The molecule has 0 fully saturated rings. The summed E-state index contributed by atoms with van der Waals surface area (Å²) in [5.41, 5.74) is 5.22. The Morgan fingerprint density at radius 3 is 2.50 bits per heavy atom. The molecule has 0 bridgehead atoms. The van der Waals surface area contributed by atoms with Gasteiger partial charge in [0.05, 0.1) is 0 Å². The topological polar surface area (TPSA) is 99.1 Å². The standard InChI is InChI=1S/C12H22N4O3S/c1-5-6-16-10(13)9(11(17)15(3)12(16)18)14-7-8(2)20(4)19/h8,14H,5-7,13H2,1-4H3. The molecule has 8 heteroatoms. The summed E-state index contributed by atoms with van der Waals surface area (Å²) in [5, 5.41) is 2.80. The fourth-order valence-corrected chi connectivity index (χ4v) is 2.07. The zero-order valence-corrected chi connectivity index (χ0v) is 13.1. The number of nitrogens with two attached hydrogens (primary N) is 1. The SMILES string of the molecule is CCCn1c(N)c(NCC(C)S(C)=O)c(=O)n(C)c1=O. The molecule has 0 radical (unpaired) electrons. The maximum Gasteiger partial charge on any atom is 0.332 e. The van der Waals surface area contributed by atoms with Gasteiger partial charge in [0, 0.05) is 42.4 Å². The molecule has 2 unspecified atom stereocenters. The summed E-state index contributed by atoms with van der Waals surface area (Å²) in [6, 6.07) is 0. The van der Waals surface area contributed by atoms with Gasteiger partial charge in [-0.1, -0.05) is 6.92 Å². The van der Waals surface area contributed by atoms with E-state index >= 15 is 0 Å². The molecule has 114 valence electrons. The zero-order valence-electron chi connectivity index (χ0n) is 12.3. The van der Waals surface area contributed by atoms with Gasteiger partial charge in [0.2, 0.25) is 0 Å². The Hall–Kier alpha value is -1.57. The summed E-state index contributed by atoms with van der Waals surface area (Å²) < 4.78 is 13.7. The maximum absolute atomic E-state index is 12.1. The molecule has 0 aliphatic rings. The van der Waals surface area contributed by atoms with Gasteiger partial charge in [-0.05, 0) is 13.3 Å². The summed E-state index contributed by atoms with van der Waals surface area (Å²) in [4.78, 5) is 24.0. The van der Waals surface area contributed by atoms with Crippen LogP contribution in [0.2, 0.25) is 0 Å². The van der Waals surface area contributed by atoms with Gasteiger partial charge in [0.25, 0.3) is 5.56 Å². The molecule has 1 aromatic heterocycles. The molecule has 20 heavy (non-hydrogen) atoms. The van der Waals surface area contributed by atoms with E-state index in [2.05, 4.69) is 5.32 Å². The summed E-state index contributed by atoms with van der Waals surface area (Å²) in [7, 11) is 0.423. The van der Waals surface area contributed by atoms with Crippen LogP contribution in [0.25, 0.3) is 0 Å². The minimum atomic E-state index is -0.996. The fourth-order valence-electron chi connectivity index (χ4n) is 1.75. The van der Waals surface area contributed by atoms with Gasteiger partial charge in [-0.15, -0.1) is 0 Å². The van der Waals surface area contributed by atoms with Crippen LogP contribution in [0.5, 0.6) is 0 Å². The van der Waals surface area contributed by atoms with E-state index in [9.17, 15) is 13.8 Å². The van der Waals surface area contributed by atoms with Gasteiger partial charge in [0.1, 0.15) is 11.5 Å². The Kier molecular flexibility index (Phi) is 5.55. The fraction of sp³-hybridized carbons (Fsp3) is 0.667. The normalized spacial score (nSPS) is 14.0. The highest BCUT2D eigenvalue weighted by Gasteiger charge is 2.16. The average molecular weight is 302 g/mol. The lowest BCUT2D eigenvalue weighted by Gasteiger charge is -2.17. The van der Waals surface area contributed by atoms with Crippen molar-refractivity contribution < 1.29 is 4.21 Å². The first-order chi connectivity index (χ1) is 9.31. The molecule has 0 saturated carbocycles. The minimum Gasteiger partial charge on any atom is -0.383 e. The van der Waals surface area contributed by atoms with Gasteiger partial charge in [0.15, 0.2) is 0 Å². The predicted octanol–water partition coefficient (Wildman–Crippen LogP) is -0.282. The molecular weight excluding hydrogens is 280 g/mol. The van der Waals surface area contributed by atoms with Crippen molar-refractivity contribution in [1.82, 2.24) is 9.13 Å². The highest BCUT2D eigenvalue weighted by molar-refractivity contribution is 7.84. The second kappa shape index (κ2) is 6.74. The Morgan fingerprint density at radius 2 is 2.00 bits per heavy atom. The third-order valence-electron chi connectivity index (χ3n) is 3.16. The number of aromatic nitrogens is 2. The lowest BCUT2D eigenvalue weighted by Crippen LogP contribution is -2.41. The quantitative estimate of drug-likeness (QED) is 0.753. The van der Waals surface area contributed by atoms with Crippen molar-refractivity contribution in [2.45, 2.75) is 32.1 Å². The van der Waals surface area contributed by atoms with Crippen LogP contribution in [0.1, 0.15) is 20.3 Å². The van der Waals surface area contributed by atoms with Crippen LogP contribution in [0, 0.1) is 0 Å². The van der Waals surface area contributed by atoms with Crippen LogP contribution >= 0.6 is 0 Å². The van der Waals surface area contributed by atoms with E-state index < -0.39 is 22.0 Å². The van der Waals surface area contributed by atoms with Crippen molar-refractivity contribution >= 4 is 22.3 Å². The van der Waals surface area contributed by atoms with Crippen molar-refractivity contribution in [3.63, 3.8) is 0 Å². The zero-order chi connectivity index (χ0) is 15.4. The van der Waals surface area contributed by atoms with Gasteiger partial charge in [-0.25, -0.2) is 4.79 Å². The number of nitrogen functional groups attached to an aromatic ring is 1. The second-order valence-electron chi connectivity index (χ2n) is 4.75. The first-order valence-corrected chi connectivity index (χ1v) is 8.08. The van der Waals surface area contributed by atoms with Crippen LogP contribution in [0.4, 0.5) is 11.5 Å². The van der Waals surface area contributed by atoms with Crippen molar-refractivity contribution in [3.05, 3.63) is 20.8 Å². The number of hydrogen-bond donors (Lipinski definition) is 2. The van der Waals surface area contributed by atoms with Crippen LogP contribution in [0.3, 0.4) is 0 Å². The Balaban J connectivity index is 3.23. The summed E-state index contributed by atoms with van der Waals surface area (Å²) >= 11 is 0. The van der Waals surface area contributed by atoms with E-state index in [1.165, 1.54) is 11.6 Å². The number of rotatable bonds is 6. The average Bonchev–Trinajstić information content (AvgIpc) is 2.40. The lowest BCUT2D eigenvalue weighted by atomic mass is 10.3. The highest BCUT2D eigenvalue weighted by Crippen LogP contribution is 2.11. The van der Waals surface area contributed by atoms with Crippen molar-refractivity contribution in [3.8, 4) is 0 Å². The van der Waals surface area contributed by atoms with Crippen molar-refractivity contribution in [1.29, 1.82) is 0 Å². The number of hydrogen-bond acceptors (Lipinski definition) is 5. The number of nitrogens with zero attached hydrogens (tertiary/aromatic N) is 2.